The van der Waals surface area contributed by atoms with Gasteiger partial charge in [-0.05, 0) is 66.3 Å². The van der Waals surface area contributed by atoms with Crippen LogP contribution in [0.1, 0.15) is 50.7 Å². The topological polar surface area (TPSA) is 103 Å². The third-order valence-corrected chi connectivity index (χ3v) is 7.84. The van der Waals surface area contributed by atoms with E-state index in [0.29, 0.717) is 57.1 Å². The van der Waals surface area contributed by atoms with Gasteiger partial charge in [0.25, 0.3) is 11.8 Å². The number of nitrogens with one attached hydrogen (secondary N) is 1. The number of amides is 2. The number of hydrogen-bond acceptors (Lipinski definition) is 5. The molecule has 3 N–H and O–H groups in total. The van der Waals surface area contributed by atoms with E-state index in [4.69, 9.17) is 10.7 Å². The van der Waals surface area contributed by atoms with Crippen molar-refractivity contribution in [3.8, 4) is 10.4 Å². The molecule has 0 radical (unpaired) electrons. The third kappa shape index (κ3) is 6.20. The fraction of sp³-hybridized carbons (Fsp3) is 0.226. The second kappa shape index (κ2) is 12.2. The molecule has 0 aliphatic carbocycles. The van der Waals surface area contributed by atoms with E-state index in [-0.39, 0.29) is 23.8 Å². The molecule has 216 valence electrons. The van der Waals surface area contributed by atoms with Crippen molar-refractivity contribution >= 4 is 34.3 Å². The number of primary amides is 1. The summed E-state index contributed by atoms with van der Waals surface area (Å²) in [5.74, 6) is -3.13. The standard InChI is InChI=1S/C31H28F3N5O2S/c1-17(2)13-23-26(29(35)40)27(28-30(38-23)39(16-37-28)12-11-18-3-6-20(32)7-4-18)24-9-10-25(42-24)31(41)36-15-19-5-8-21(33)22(34)14-19/h3-10,14,16-17H,11-13,15H2,1-2H3,(H2,35,40)(H,36,41). The molecule has 3 aromatic heterocycles. The van der Waals surface area contributed by atoms with Crippen LogP contribution in [0.4, 0.5) is 13.2 Å². The van der Waals surface area contributed by atoms with E-state index in [9.17, 15) is 22.8 Å². The van der Waals surface area contributed by atoms with Gasteiger partial charge in [-0.1, -0.05) is 32.0 Å². The molecule has 0 spiro atoms. The summed E-state index contributed by atoms with van der Waals surface area (Å²) >= 11 is 1.16. The summed E-state index contributed by atoms with van der Waals surface area (Å²) in [7, 11) is 0. The fourth-order valence-electron chi connectivity index (χ4n) is 4.73. The lowest BCUT2D eigenvalue weighted by molar-refractivity contribution is 0.0953. The molecule has 0 atom stereocenters. The maximum absolute atomic E-state index is 13.6. The predicted octanol–water partition coefficient (Wildman–Crippen LogP) is 6.05. The minimum absolute atomic E-state index is 0.00625. The van der Waals surface area contributed by atoms with Crippen molar-refractivity contribution in [3.05, 3.63) is 106 Å². The summed E-state index contributed by atoms with van der Waals surface area (Å²) in [5.41, 5.74) is 9.62. The van der Waals surface area contributed by atoms with Gasteiger partial charge in [-0.3, -0.25) is 9.59 Å². The molecule has 0 aliphatic rings. The molecule has 3 heterocycles. The zero-order valence-corrected chi connectivity index (χ0v) is 23.8. The van der Waals surface area contributed by atoms with E-state index in [1.807, 2.05) is 18.4 Å². The minimum atomic E-state index is -0.991. The number of aromatic nitrogens is 3. The molecule has 0 aliphatic heterocycles. The van der Waals surface area contributed by atoms with Crippen molar-refractivity contribution in [2.75, 3.05) is 0 Å². The van der Waals surface area contributed by atoms with E-state index in [1.165, 1.54) is 18.2 Å². The van der Waals surface area contributed by atoms with Crippen LogP contribution in [0.2, 0.25) is 0 Å². The molecule has 42 heavy (non-hydrogen) atoms. The van der Waals surface area contributed by atoms with Gasteiger partial charge in [0.15, 0.2) is 17.3 Å². The lowest BCUT2D eigenvalue weighted by Gasteiger charge is -2.14. The Kier molecular flexibility index (Phi) is 8.39. The van der Waals surface area contributed by atoms with Crippen molar-refractivity contribution in [2.45, 2.75) is 39.8 Å². The molecular formula is C31H28F3N5O2S. The second-order valence-electron chi connectivity index (χ2n) is 10.4. The number of halogens is 3. The maximum atomic E-state index is 13.6. The van der Waals surface area contributed by atoms with Crippen LogP contribution in [0.5, 0.6) is 0 Å². The quantitative estimate of drug-likeness (QED) is 0.207. The predicted molar refractivity (Wildman–Crippen MR) is 156 cm³/mol. The van der Waals surface area contributed by atoms with Gasteiger partial charge in [0.05, 0.1) is 22.5 Å². The number of hydrogen-bond donors (Lipinski definition) is 2. The lowest BCUT2D eigenvalue weighted by Crippen LogP contribution is -2.21. The number of thiophene rings is 1. The molecule has 5 rings (SSSR count). The van der Waals surface area contributed by atoms with Crippen LogP contribution in [0.3, 0.4) is 0 Å². The summed E-state index contributed by atoms with van der Waals surface area (Å²) in [4.78, 5) is 36.2. The van der Waals surface area contributed by atoms with Crippen molar-refractivity contribution in [2.24, 2.45) is 11.7 Å². The highest BCUT2D eigenvalue weighted by Crippen LogP contribution is 2.37. The molecule has 2 amide bonds. The average Bonchev–Trinajstić information content (AvgIpc) is 3.60. The van der Waals surface area contributed by atoms with E-state index >= 15 is 0 Å². The third-order valence-electron chi connectivity index (χ3n) is 6.74. The van der Waals surface area contributed by atoms with E-state index in [0.717, 1.165) is 29.0 Å². The Morgan fingerprint density at radius 1 is 1.00 bits per heavy atom. The summed E-state index contributed by atoms with van der Waals surface area (Å²) < 4.78 is 42.0. The Hall–Kier alpha value is -4.51. The number of carbonyl (C=O) groups is 2. The molecule has 7 nitrogen and oxygen atoms in total. The summed E-state index contributed by atoms with van der Waals surface area (Å²) in [6, 6.07) is 13.1. The molecule has 0 saturated heterocycles. The first-order chi connectivity index (χ1) is 20.1. The number of carbonyl (C=O) groups excluding carboxylic acids is 2. The van der Waals surface area contributed by atoms with Gasteiger partial charge in [-0.15, -0.1) is 11.3 Å². The Labute approximate surface area is 244 Å². The molecule has 0 bridgehead atoms. The largest absolute Gasteiger partial charge is 0.366 e. The maximum Gasteiger partial charge on any atom is 0.261 e. The molecule has 2 aromatic carbocycles. The summed E-state index contributed by atoms with van der Waals surface area (Å²) in [5, 5.41) is 2.71. The van der Waals surface area contributed by atoms with Crippen LogP contribution in [0.25, 0.3) is 21.6 Å². The van der Waals surface area contributed by atoms with Crippen molar-refractivity contribution in [1.82, 2.24) is 19.9 Å². The van der Waals surface area contributed by atoms with Gasteiger partial charge in [-0.25, -0.2) is 23.1 Å². The molecule has 11 heteroatoms. The number of nitrogens with two attached hydrogens (primary N) is 1. The molecule has 5 aromatic rings. The highest BCUT2D eigenvalue weighted by Gasteiger charge is 2.25. The molecule has 0 unspecified atom stereocenters. The Morgan fingerprint density at radius 2 is 1.74 bits per heavy atom. The molecule has 0 fully saturated rings. The normalized spacial score (nSPS) is 11.4. The number of nitrogens with zero attached hydrogens (tertiary/aromatic N) is 3. The first-order valence-corrected chi connectivity index (χ1v) is 14.2. The highest BCUT2D eigenvalue weighted by atomic mass is 32.1. The van der Waals surface area contributed by atoms with Crippen molar-refractivity contribution < 1.29 is 22.8 Å². The van der Waals surface area contributed by atoms with Crippen LogP contribution in [0.15, 0.2) is 60.9 Å². The second-order valence-corrected chi connectivity index (χ2v) is 11.4. The fourth-order valence-corrected chi connectivity index (χ4v) is 5.71. The zero-order chi connectivity index (χ0) is 30.0. The van der Waals surface area contributed by atoms with Gasteiger partial charge in [0, 0.05) is 23.5 Å². The smallest absolute Gasteiger partial charge is 0.261 e. The Morgan fingerprint density at radius 3 is 2.43 bits per heavy atom. The van der Waals surface area contributed by atoms with Crippen LogP contribution in [0, 0.1) is 23.4 Å². The minimum Gasteiger partial charge on any atom is -0.366 e. The number of benzene rings is 2. The van der Waals surface area contributed by atoms with Crippen molar-refractivity contribution in [1.29, 1.82) is 0 Å². The van der Waals surface area contributed by atoms with E-state index in [1.54, 1.807) is 30.6 Å². The summed E-state index contributed by atoms with van der Waals surface area (Å²) in [6.45, 7) is 4.56. The van der Waals surface area contributed by atoms with Crippen LogP contribution in [-0.2, 0) is 25.9 Å². The SMILES string of the molecule is CC(C)Cc1nc2c(ncn2CCc2ccc(F)cc2)c(-c2ccc(C(=O)NCc3ccc(F)c(F)c3)s2)c1C(N)=O. The van der Waals surface area contributed by atoms with Gasteiger partial charge in [0.1, 0.15) is 11.3 Å². The number of pyridine rings is 1. The first kappa shape index (κ1) is 29.0. The number of fused-ring (bicyclic) bond motifs is 1. The highest BCUT2D eigenvalue weighted by molar-refractivity contribution is 7.17. The van der Waals surface area contributed by atoms with Gasteiger partial charge in [-0.2, -0.15) is 0 Å². The number of rotatable bonds is 10. The van der Waals surface area contributed by atoms with Crippen LogP contribution >= 0.6 is 11.3 Å². The average molecular weight is 592 g/mol. The monoisotopic (exact) mass is 591 g/mol. The summed E-state index contributed by atoms with van der Waals surface area (Å²) in [6.07, 6.45) is 2.76. The lowest BCUT2D eigenvalue weighted by atomic mass is 9.97. The Balaban J connectivity index is 1.50. The van der Waals surface area contributed by atoms with Gasteiger partial charge in [0.2, 0.25) is 0 Å². The molecular weight excluding hydrogens is 563 g/mol. The zero-order valence-electron chi connectivity index (χ0n) is 23.0. The number of imidazole rings is 1. The van der Waals surface area contributed by atoms with E-state index < -0.39 is 23.4 Å². The van der Waals surface area contributed by atoms with Crippen LogP contribution in [-0.4, -0.2) is 26.3 Å². The van der Waals surface area contributed by atoms with Gasteiger partial charge >= 0.3 is 0 Å². The van der Waals surface area contributed by atoms with Crippen LogP contribution < -0.4 is 11.1 Å². The molecule has 0 saturated carbocycles. The number of aryl methyl sites for hydroxylation is 2. The van der Waals surface area contributed by atoms with Crippen molar-refractivity contribution in [3.63, 3.8) is 0 Å². The first-order valence-electron chi connectivity index (χ1n) is 13.3. The van der Waals surface area contributed by atoms with E-state index in [2.05, 4.69) is 10.3 Å². The van der Waals surface area contributed by atoms with Gasteiger partial charge < -0.3 is 15.6 Å². The Bertz CT molecular complexity index is 1780.